The number of rotatable bonds is 5. The highest BCUT2D eigenvalue weighted by atomic mass is 32.1. The third-order valence-electron chi connectivity index (χ3n) is 2.96. The first kappa shape index (κ1) is 15.1. The minimum Gasteiger partial charge on any atom is -0.497 e. The monoisotopic (exact) mass is 304 g/mol. The summed E-state index contributed by atoms with van der Waals surface area (Å²) in [4.78, 5) is 13.7. The minimum absolute atomic E-state index is 0.179. The number of methoxy groups -OCH3 is 2. The van der Waals surface area contributed by atoms with Gasteiger partial charge in [0.2, 0.25) is 0 Å². The number of hydrogen-bond donors (Lipinski definition) is 1. The second kappa shape index (κ2) is 6.41. The van der Waals surface area contributed by atoms with Crippen LogP contribution >= 0.6 is 12.2 Å². The van der Waals surface area contributed by atoms with Gasteiger partial charge < -0.3 is 14.8 Å². The van der Waals surface area contributed by atoms with Gasteiger partial charge >= 0.3 is 0 Å². The number of hydrogen-bond acceptors (Lipinski definition) is 4. The summed E-state index contributed by atoms with van der Waals surface area (Å²) in [6, 6.07) is 5.38. The molecule has 0 aromatic heterocycles. The van der Waals surface area contributed by atoms with Crippen LogP contribution in [0.4, 0.5) is 0 Å². The molecule has 1 aliphatic heterocycles. The molecule has 1 fully saturated rings. The third-order valence-corrected chi connectivity index (χ3v) is 3.28. The Labute approximate surface area is 128 Å². The van der Waals surface area contributed by atoms with E-state index in [2.05, 4.69) is 11.9 Å². The van der Waals surface area contributed by atoms with Crippen molar-refractivity contribution in [2.24, 2.45) is 0 Å². The lowest BCUT2D eigenvalue weighted by Crippen LogP contribution is -2.30. The Morgan fingerprint density at radius 1 is 1.29 bits per heavy atom. The molecular formula is C15H16N2O3S. The van der Waals surface area contributed by atoms with Crippen LogP contribution in [0, 0.1) is 0 Å². The van der Waals surface area contributed by atoms with Gasteiger partial charge in [-0.15, -0.1) is 6.58 Å². The maximum Gasteiger partial charge on any atom is 0.276 e. The zero-order chi connectivity index (χ0) is 15.4. The molecule has 1 aromatic rings. The summed E-state index contributed by atoms with van der Waals surface area (Å²) in [5, 5.41) is 3.28. The van der Waals surface area contributed by atoms with Crippen LogP contribution in [0.2, 0.25) is 0 Å². The lowest BCUT2D eigenvalue weighted by molar-refractivity contribution is -0.122. The lowest BCUT2D eigenvalue weighted by atomic mass is 10.1. The number of carbonyl (C=O) groups excluding carboxylic acids is 1. The van der Waals surface area contributed by atoms with Gasteiger partial charge in [-0.1, -0.05) is 6.08 Å². The highest BCUT2D eigenvalue weighted by Gasteiger charge is 2.29. The van der Waals surface area contributed by atoms with Crippen molar-refractivity contribution in [1.29, 1.82) is 0 Å². The van der Waals surface area contributed by atoms with Crippen molar-refractivity contribution in [2.75, 3.05) is 20.8 Å². The normalized spacial score (nSPS) is 16.1. The van der Waals surface area contributed by atoms with Gasteiger partial charge in [-0.2, -0.15) is 0 Å². The Bertz CT molecular complexity index is 603. The summed E-state index contributed by atoms with van der Waals surface area (Å²) >= 11 is 5.13. The first-order chi connectivity index (χ1) is 10.1. The summed E-state index contributed by atoms with van der Waals surface area (Å²) in [6.07, 6.45) is 3.34. The van der Waals surface area contributed by atoms with Gasteiger partial charge in [0, 0.05) is 12.6 Å². The number of benzene rings is 1. The van der Waals surface area contributed by atoms with Gasteiger partial charge in [0.05, 0.1) is 14.2 Å². The highest BCUT2D eigenvalue weighted by Crippen LogP contribution is 2.24. The maximum atomic E-state index is 12.2. The summed E-state index contributed by atoms with van der Waals surface area (Å²) in [7, 11) is 3.15. The molecule has 110 valence electrons. The molecule has 1 N–H and O–H groups in total. The number of amides is 1. The van der Waals surface area contributed by atoms with E-state index in [0.717, 1.165) is 5.56 Å². The van der Waals surface area contributed by atoms with Gasteiger partial charge in [-0.05, 0) is 36.0 Å². The van der Waals surface area contributed by atoms with Crippen molar-refractivity contribution in [3.63, 3.8) is 0 Å². The van der Waals surface area contributed by atoms with E-state index in [9.17, 15) is 4.79 Å². The van der Waals surface area contributed by atoms with Crippen LogP contribution in [-0.4, -0.2) is 36.7 Å². The molecule has 0 radical (unpaired) electrons. The average Bonchev–Trinajstić information content (AvgIpc) is 2.74. The molecule has 1 heterocycles. The van der Waals surface area contributed by atoms with Crippen molar-refractivity contribution in [3.8, 4) is 11.5 Å². The average molecular weight is 304 g/mol. The molecule has 0 atom stereocenters. The molecule has 5 nitrogen and oxygen atoms in total. The molecule has 0 unspecified atom stereocenters. The van der Waals surface area contributed by atoms with Gasteiger partial charge in [-0.25, -0.2) is 0 Å². The summed E-state index contributed by atoms with van der Waals surface area (Å²) < 4.78 is 10.4. The van der Waals surface area contributed by atoms with Crippen LogP contribution in [0.15, 0.2) is 36.6 Å². The molecule has 0 bridgehead atoms. The molecule has 1 aromatic carbocycles. The van der Waals surface area contributed by atoms with Crippen molar-refractivity contribution >= 4 is 29.3 Å². The Morgan fingerprint density at radius 2 is 1.90 bits per heavy atom. The number of carbonyl (C=O) groups is 1. The van der Waals surface area contributed by atoms with Crippen LogP contribution in [-0.2, 0) is 4.79 Å². The van der Waals surface area contributed by atoms with Crippen LogP contribution in [0.5, 0.6) is 11.5 Å². The van der Waals surface area contributed by atoms with Crippen molar-refractivity contribution < 1.29 is 14.3 Å². The minimum atomic E-state index is -0.179. The van der Waals surface area contributed by atoms with Gasteiger partial charge in [0.25, 0.3) is 5.91 Å². The van der Waals surface area contributed by atoms with E-state index in [0.29, 0.717) is 28.9 Å². The van der Waals surface area contributed by atoms with Crippen LogP contribution in [0.3, 0.4) is 0 Å². The fraction of sp³-hybridized carbons (Fsp3) is 0.200. The second-order valence-electron chi connectivity index (χ2n) is 4.34. The Kier molecular flexibility index (Phi) is 4.59. The van der Waals surface area contributed by atoms with E-state index < -0.39 is 0 Å². The zero-order valence-electron chi connectivity index (χ0n) is 11.9. The molecular weight excluding hydrogens is 288 g/mol. The van der Waals surface area contributed by atoms with E-state index in [4.69, 9.17) is 21.7 Å². The predicted molar refractivity (Wildman–Crippen MR) is 85.2 cm³/mol. The molecule has 6 heteroatoms. The van der Waals surface area contributed by atoms with E-state index in [-0.39, 0.29) is 5.91 Å². The Morgan fingerprint density at radius 3 is 2.43 bits per heavy atom. The third kappa shape index (κ3) is 3.22. The Balaban J connectivity index is 2.34. The largest absolute Gasteiger partial charge is 0.497 e. The van der Waals surface area contributed by atoms with Crippen molar-refractivity contribution in [3.05, 3.63) is 42.1 Å². The smallest absolute Gasteiger partial charge is 0.276 e. The van der Waals surface area contributed by atoms with Crippen molar-refractivity contribution in [2.45, 2.75) is 0 Å². The molecule has 1 saturated heterocycles. The topological polar surface area (TPSA) is 50.8 Å². The first-order valence-corrected chi connectivity index (χ1v) is 6.68. The summed E-state index contributed by atoms with van der Waals surface area (Å²) in [6.45, 7) is 3.99. The zero-order valence-corrected chi connectivity index (χ0v) is 12.7. The molecule has 0 spiro atoms. The maximum absolute atomic E-state index is 12.2. The number of thiocarbonyl (C=S) groups is 1. The number of ether oxygens (including phenoxy) is 2. The van der Waals surface area contributed by atoms with Crippen LogP contribution < -0.4 is 14.8 Å². The van der Waals surface area contributed by atoms with E-state index in [1.165, 1.54) is 4.90 Å². The van der Waals surface area contributed by atoms with Gasteiger partial charge in [0.1, 0.15) is 17.2 Å². The number of nitrogens with one attached hydrogen (secondary N) is 1. The highest BCUT2D eigenvalue weighted by molar-refractivity contribution is 7.80. The van der Waals surface area contributed by atoms with E-state index in [1.807, 2.05) is 12.1 Å². The van der Waals surface area contributed by atoms with E-state index in [1.54, 1.807) is 32.4 Å². The fourth-order valence-corrected chi connectivity index (χ4v) is 2.21. The van der Waals surface area contributed by atoms with Crippen LogP contribution in [0.1, 0.15) is 5.56 Å². The molecule has 0 aliphatic carbocycles. The first-order valence-electron chi connectivity index (χ1n) is 6.27. The van der Waals surface area contributed by atoms with Gasteiger partial charge in [-0.3, -0.25) is 9.69 Å². The second-order valence-corrected chi connectivity index (χ2v) is 4.73. The summed E-state index contributed by atoms with van der Waals surface area (Å²) in [5.74, 6) is 1.12. The van der Waals surface area contributed by atoms with Crippen molar-refractivity contribution in [1.82, 2.24) is 10.2 Å². The van der Waals surface area contributed by atoms with Gasteiger partial charge in [0.15, 0.2) is 5.11 Å². The quantitative estimate of drug-likeness (QED) is 0.512. The van der Waals surface area contributed by atoms with Crippen LogP contribution in [0.25, 0.3) is 6.08 Å². The molecule has 21 heavy (non-hydrogen) atoms. The van der Waals surface area contributed by atoms with E-state index >= 15 is 0 Å². The Hall–Kier alpha value is -2.34. The fourth-order valence-electron chi connectivity index (χ4n) is 1.95. The number of nitrogens with zero attached hydrogens (tertiary/aromatic N) is 1. The lowest BCUT2D eigenvalue weighted by Gasteiger charge is -2.09. The summed E-state index contributed by atoms with van der Waals surface area (Å²) in [5.41, 5.74) is 1.20. The molecule has 2 rings (SSSR count). The predicted octanol–water partition coefficient (Wildman–Crippen LogP) is 1.95. The standard InChI is InChI=1S/C15H16N2O3S/c1-4-5-17-14(18)13(16-15(17)21)8-10-6-11(19-2)9-12(7-10)20-3/h4,6-9H,1,5H2,2-3H3,(H,16,21)/b13-8-. The molecule has 1 aliphatic rings. The SMILES string of the molecule is C=CCN1C(=O)/C(=C/c2cc(OC)cc(OC)c2)NC1=S. The molecule has 1 amide bonds. The molecule has 0 saturated carbocycles.